The van der Waals surface area contributed by atoms with Crippen LogP contribution < -0.4 is 11.1 Å². The van der Waals surface area contributed by atoms with Gasteiger partial charge < -0.3 is 11.1 Å². The van der Waals surface area contributed by atoms with Crippen LogP contribution in [0.2, 0.25) is 0 Å². The van der Waals surface area contributed by atoms with Gasteiger partial charge in [-0.15, -0.1) is 11.8 Å². The van der Waals surface area contributed by atoms with E-state index in [1.165, 1.54) is 10.5 Å². The summed E-state index contributed by atoms with van der Waals surface area (Å²) in [6.45, 7) is 9.32. The molecule has 0 spiro atoms. The van der Waals surface area contributed by atoms with Gasteiger partial charge in [-0.1, -0.05) is 32.9 Å². The second-order valence-electron chi connectivity index (χ2n) is 5.37. The third kappa shape index (κ3) is 5.89. The van der Waals surface area contributed by atoms with Crippen LogP contribution in [0.1, 0.15) is 32.8 Å². The predicted molar refractivity (Wildman–Crippen MR) is 82.0 cm³/mol. The highest BCUT2D eigenvalue weighted by Crippen LogP contribution is 2.18. The molecule has 0 fully saturated rings. The Hall–Kier alpha value is -0.510. The molecule has 0 bridgehead atoms. The lowest BCUT2D eigenvalue weighted by atomic mass is 9.90. The second-order valence-corrected chi connectivity index (χ2v) is 6.71. The van der Waals surface area contributed by atoms with E-state index in [1.807, 2.05) is 11.8 Å². The summed E-state index contributed by atoms with van der Waals surface area (Å²) in [5, 5.41) is 3.48. The first-order valence-electron chi connectivity index (χ1n) is 6.70. The van der Waals surface area contributed by atoms with Crippen LogP contribution in [0.3, 0.4) is 0 Å². The topological polar surface area (TPSA) is 38.0 Å². The highest BCUT2D eigenvalue weighted by Gasteiger charge is 2.14. The number of benzene rings is 1. The summed E-state index contributed by atoms with van der Waals surface area (Å²) in [6, 6.07) is 8.82. The fourth-order valence-electron chi connectivity index (χ4n) is 1.63. The van der Waals surface area contributed by atoms with Gasteiger partial charge in [-0.3, -0.25) is 0 Å². The van der Waals surface area contributed by atoms with E-state index in [9.17, 15) is 0 Å². The van der Waals surface area contributed by atoms with E-state index in [0.717, 1.165) is 31.8 Å². The van der Waals surface area contributed by atoms with Gasteiger partial charge in [0, 0.05) is 11.4 Å². The zero-order valence-electron chi connectivity index (χ0n) is 11.8. The first-order chi connectivity index (χ1) is 8.57. The molecule has 1 aromatic rings. The van der Waals surface area contributed by atoms with Crippen LogP contribution in [0.4, 0.5) is 0 Å². The van der Waals surface area contributed by atoms with Crippen molar-refractivity contribution < 1.29 is 0 Å². The number of hydrogen-bond acceptors (Lipinski definition) is 3. The zero-order valence-corrected chi connectivity index (χ0v) is 12.6. The average molecular weight is 266 g/mol. The summed E-state index contributed by atoms with van der Waals surface area (Å²) >= 11 is 1.88. The number of thioether (sulfide) groups is 1. The maximum Gasteiger partial charge on any atom is 0.0205 e. The first kappa shape index (κ1) is 15.5. The molecular weight excluding hydrogens is 240 g/mol. The Balaban J connectivity index is 2.27. The van der Waals surface area contributed by atoms with Crippen molar-refractivity contribution in [3.63, 3.8) is 0 Å². The lowest BCUT2D eigenvalue weighted by Crippen LogP contribution is -2.28. The molecule has 0 saturated heterocycles. The number of rotatable bonds is 8. The molecule has 0 atom stereocenters. The molecule has 0 saturated carbocycles. The largest absolute Gasteiger partial charge is 0.330 e. The van der Waals surface area contributed by atoms with Crippen molar-refractivity contribution >= 4 is 11.8 Å². The van der Waals surface area contributed by atoms with Crippen LogP contribution in [0, 0.1) is 5.41 Å². The summed E-state index contributed by atoms with van der Waals surface area (Å²) in [5.74, 6) is 1.13. The van der Waals surface area contributed by atoms with Crippen molar-refractivity contribution in [2.45, 2.75) is 38.6 Å². The normalized spacial score (nSPS) is 11.8. The maximum absolute atomic E-state index is 5.71. The second kappa shape index (κ2) is 7.82. The maximum atomic E-state index is 5.71. The molecule has 1 rings (SSSR count). The minimum atomic E-state index is 0.245. The molecule has 0 unspecified atom stereocenters. The lowest BCUT2D eigenvalue weighted by Gasteiger charge is -2.22. The van der Waals surface area contributed by atoms with Crippen LogP contribution in [0.5, 0.6) is 0 Å². The summed E-state index contributed by atoms with van der Waals surface area (Å²) < 4.78 is 0. The van der Waals surface area contributed by atoms with Crippen molar-refractivity contribution in [2.75, 3.05) is 18.8 Å². The van der Waals surface area contributed by atoms with Crippen molar-refractivity contribution in [3.8, 4) is 0 Å². The number of nitrogens with two attached hydrogens (primary N) is 1. The SMILES string of the molecule is CCSc1ccc(CNCCC(C)(C)CN)cc1. The Labute approximate surface area is 116 Å². The van der Waals surface area contributed by atoms with Gasteiger partial charge in [-0.25, -0.2) is 0 Å². The zero-order chi connectivity index (χ0) is 13.4. The highest BCUT2D eigenvalue weighted by atomic mass is 32.2. The van der Waals surface area contributed by atoms with Crippen LogP contribution in [0.25, 0.3) is 0 Å². The van der Waals surface area contributed by atoms with Gasteiger partial charge in [0.1, 0.15) is 0 Å². The third-order valence-corrected chi connectivity index (χ3v) is 3.99. The Kier molecular flexibility index (Phi) is 6.76. The molecule has 0 aliphatic carbocycles. The fraction of sp³-hybridized carbons (Fsp3) is 0.600. The Morgan fingerprint density at radius 1 is 1.22 bits per heavy atom. The van der Waals surface area contributed by atoms with E-state index in [1.54, 1.807) is 0 Å². The van der Waals surface area contributed by atoms with E-state index >= 15 is 0 Å². The molecule has 0 radical (unpaired) electrons. The Morgan fingerprint density at radius 3 is 2.44 bits per heavy atom. The van der Waals surface area contributed by atoms with Crippen LogP contribution in [0.15, 0.2) is 29.2 Å². The first-order valence-corrected chi connectivity index (χ1v) is 7.68. The molecule has 3 heteroatoms. The Morgan fingerprint density at radius 2 is 1.89 bits per heavy atom. The van der Waals surface area contributed by atoms with Crippen LogP contribution in [-0.4, -0.2) is 18.8 Å². The van der Waals surface area contributed by atoms with Crippen LogP contribution in [-0.2, 0) is 6.54 Å². The van der Waals surface area contributed by atoms with Crippen molar-refractivity contribution in [3.05, 3.63) is 29.8 Å². The van der Waals surface area contributed by atoms with Gasteiger partial charge in [-0.05, 0) is 48.4 Å². The monoisotopic (exact) mass is 266 g/mol. The molecule has 2 nitrogen and oxygen atoms in total. The van der Waals surface area contributed by atoms with E-state index in [4.69, 9.17) is 5.73 Å². The van der Waals surface area contributed by atoms with E-state index in [2.05, 4.69) is 50.4 Å². The summed E-state index contributed by atoms with van der Waals surface area (Å²) in [5.41, 5.74) is 7.31. The van der Waals surface area contributed by atoms with Gasteiger partial charge in [-0.2, -0.15) is 0 Å². The quantitative estimate of drug-likeness (QED) is 0.560. The third-order valence-electron chi connectivity index (χ3n) is 3.09. The Bertz CT molecular complexity index is 333. The van der Waals surface area contributed by atoms with Crippen molar-refractivity contribution in [1.82, 2.24) is 5.32 Å². The molecular formula is C15H26N2S. The molecule has 0 amide bonds. The van der Waals surface area contributed by atoms with E-state index in [-0.39, 0.29) is 5.41 Å². The fourth-order valence-corrected chi connectivity index (χ4v) is 2.29. The number of nitrogens with one attached hydrogen (secondary N) is 1. The lowest BCUT2D eigenvalue weighted by molar-refractivity contribution is 0.339. The van der Waals surface area contributed by atoms with Crippen LogP contribution >= 0.6 is 11.8 Å². The predicted octanol–water partition coefficient (Wildman–Crippen LogP) is 3.26. The van der Waals surface area contributed by atoms with Gasteiger partial charge in [0.2, 0.25) is 0 Å². The molecule has 1 aromatic carbocycles. The molecule has 0 aromatic heterocycles. The molecule has 102 valence electrons. The van der Waals surface area contributed by atoms with E-state index in [0.29, 0.717) is 0 Å². The highest BCUT2D eigenvalue weighted by molar-refractivity contribution is 7.99. The van der Waals surface area contributed by atoms with Gasteiger partial charge in [0.15, 0.2) is 0 Å². The standard InChI is InChI=1S/C15H26N2S/c1-4-18-14-7-5-13(6-8-14)11-17-10-9-15(2,3)12-16/h5-8,17H,4,9-12,16H2,1-3H3. The average Bonchev–Trinajstić information content (AvgIpc) is 2.37. The summed E-state index contributed by atoms with van der Waals surface area (Å²) in [4.78, 5) is 1.35. The molecule has 18 heavy (non-hydrogen) atoms. The van der Waals surface area contributed by atoms with Crippen molar-refractivity contribution in [2.24, 2.45) is 11.1 Å². The smallest absolute Gasteiger partial charge is 0.0205 e. The molecule has 3 N–H and O–H groups in total. The minimum absolute atomic E-state index is 0.245. The van der Waals surface area contributed by atoms with Gasteiger partial charge >= 0.3 is 0 Å². The van der Waals surface area contributed by atoms with Gasteiger partial charge in [0.25, 0.3) is 0 Å². The van der Waals surface area contributed by atoms with Crippen molar-refractivity contribution in [1.29, 1.82) is 0 Å². The van der Waals surface area contributed by atoms with Gasteiger partial charge in [0.05, 0.1) is 0 Å². The summed E-state index contributed by atoms with van der Waals surface area (Å²) in [6.07, 6.45) is 1.12. The van der Waals surface area contributed by atoms with E-state index < -0.39 is 0 Å². The summed E-state index contributed by atoms with van der Waals surface area (Å²) in [7, 11) is 0. The molecule has 0 aliphatic rings. The minimum Gasteiger partial charge on any atom is -0.330 e. The number of hydrogen-bond donors (Lipinski definition) is 2. The molecule has 0 aliphatic heterocycles. The molecule has 0 heterocycles.